The molecular weight excluding hydrogens is 398 g/mol. The number of aromatic nitrogens is 1. The fourth-order valence-corrected chi connectivity index (χ4v) is 2.70. The first kappa shape index (κ1) is 21.7. The number of phosphoric ester groups is 1. The van der Waals surface area contributed by atoms with E-state index in [9.17, 15) is 24.0 Å². The Bertz CT molecular complexity index is 931. The van der Waals surface area contributed by atoms with Crippen molar-refractivity contribution < 1.29 is 43.4 Å². The topological polar surface area (TPSA) is 169 Å². The lowest BCUT2D eigenvalue weighted by Gasteiger charge is -2.17. The monoisotopic (exact) mass is 416 g/mol. The first-order valence-electron chi connectivity index (χ1n) is 7.79. The molecule has 6 N–H and O–H groups in total. The summed E-state index contributed by atoms with van der Waals surface area (Å²) in [5, 5.41) is 31.3. The Labute approximate surface area is 158 Å². The second-order valence-corrected chi connectivity index (χ2v) is 7.00. The zero-order chi connectivity index (χ0) is 21.1. The van der Waals surface area contributed by atoms with E-state index >= 15 is 0 Å². The molecule has 12 heteroatoms. The molecule has 0 radical (unpaired) electrons. The minimum absolute atomic E-state index is 0.0365. The highest BCUT2D eigenvalue weighted by atomic mass is 31.2. The lowest BCUT2D eigenvalue weighted by atomic mass is 10.1. The second kappa shape index (κ2) is 8.63. The molecule has 152 valence electrons. The van der Waals surface area contributed by atoms with Gasteiger partial charge >= 0.3 is 13.8 Å². The number of pyridine rings is 1. The molecule has 0 aliphatic carbocycles. The van der Waals surface area contributed by atoms with Crippen LogP contribution in [-0.4, -0.2) is 36.1 Å². The van der Waals surface area contributed by atoms with Gasteiger partial charge in [-0.3, -0.25) is 9.51 Å². The van der Waals surface area contributed by atoms with Crippen molar-refractivity contribution in [3.8, 4) is 5.75 Å². The lowest BCUT2D eigenvalue weighted by Crippen LogP contribution is -2.09. The van der Waals surface area contributed by atoms with E-state index < -0.39 is 26.8 Å². The van der Waals surface area contributed by atoms with Crippen LogP contribution in [0.5, 0.6) is 5.75 Å². The zero-order valence-corrected chi connectivity index (χ0v) is 15.4. The number of alkyl halides is 1. The fraction of sp³-hybridized carbons (Fsp3) is 0.250. The molecule has 28 heavy (non-hydrogen) atoms. The Morgan fingerprint density at radius 3 is 2.64 bits per heavy atom. The van der Waals surface area contributed by atoms with Crippen molar-refractivity contribution in [1.29, 1.82) is 0 Å². The van der Waals surface area contributed by atoms with E-state index in [0.717, 1.165) is 18.2 Å². The van der Waals surface area contributed by atoms with Crippen LogP contribution in [0.2, 0.25) is 0 Å². The van der Waals surface area contributed by atoms with E-state index in [1.54, 1.807) is 0 Å². The van der Waals surface area contributed by atoms with E-state index in [1.165, 1.54) is 13.1 Å². The summed E-state index contributed by atoms with van der Waals surface area (Å²) in [6, 6.07) is 3.34. The predicted molar refractivity (Wildman–Crippen MR) is 94.3 cm³/mol. The van der Waals surface area contributed by atoms with Gasteiger partial charge in [0.25, 0.3) is 0 Å². The van der Waals surface area contributed by atoms with E-state index in [4.69, 9.17) is 14.9 Å². The Morgan fingerprint density at radius 1 is 1.39 bits per heavy atom. The summed E-state index contributed by atoms with van der Waals surface area (Å²) in [7, 11) is -4.77. The molecule has 1 aromatic heterocycles. The maximum Gasteiger partial charge on any atom is 0.469 e. The maximum absolute atomic E-state index is 13.4. The van der Waals surface area contributed by atoms with Gasteiger partial charge in [-0.1, -0.05) is 6.07 Å². The zero-order valence-electron chi connectivity index (χ0n) is 14.5. The molecule has 0 aliphatic rings. The number of aryl methyl sites for hydroxylation is 1. The Kier molecular flexibility index (Phi) is 6.70. The van der Waals surface area contributed by atoms with Crippen molar-refractivity contribution in [3.63, 3.8) is 0 Å². The lowest BCUT2D eigenvalue weighted by molar-refractivity contribution is 0.0416. The Hall–Kier alpha value is -2.56. The molecule has 0 unspecified atom stereocenters. The minimum atomic E-state index is -4.77. The number of aliphatic hydroxyl groups is 1. The van der Waals surface area contributed by atoms with Crippen LogP contribution >= 0.6 is 7.82 Å². The SMILES string of the molecule is Cc1ncc(COP(=O)(O)O)c(CNc2cc(C(=O)O)ccc2[C@H](O)F)c1O. The number of aromatic hydroxyl groups is 1. The van der Waals surface area contributed by atoms with Gasteiger partial charge in [0.1, 0.15) is 5.75 Å². The van der Waals surface area contributed by atoms with Gasteiger partial charge in [-0.2, -0.15) is 0 Å². The number of phosphoric acid groups is 1. The summed E-state index contributed by atoms with van der Waals surface area (Å²) in [6.07, 6.45) is -1.13. The van der Waals surface area contributed by atoms with Crippen molar-refractivity contribution in [2.45, 2.75) is 26.4 Å². The maximum atomic E-state index is 13.4. The summed E-state index contributed by atoms with van der Waals surface area (Å²) in [5.74, 6) is -1.54. The number of hydrogen-bond donors (Lipinski definition) is 6. The van der Waals surface area contributed by atoms with Crippen molar-refractivity contribution >= 4 is 19.5 Å². The number of halogens is 1. The second-order valence-electron chi connectivity index (χ2n) is 5.76. The third kappa shape index (κ3) is 5.47. The summed E-state index contributed by atoms with van der Waals surface area (Å²) in [6.45, 7) is 0.738. The van der Waals surface area contributed by atoms with Crippen molar-refractivity contribution in [3.05, 3.63) is 52.3 Å². The average Bonchev–Trinajstić information content (AvgIpc) is 2.60. The highest BCUT2D eigenvalue weighted by Gasteiger charge is 2.19. The van der Waals surface area contributed by atoms with E-state index in [0.29, 0.717) is 0 Å². The van der Waals surface area contributed by atoms with E-state index in [1.807, 2.05) is 0 Å². The van der Waals surface area contributed by atoms with Crippen molar-refractivity contribution in [2.24, 2.45) is 0 Å². The highest BCUT2D eigenvalue weighted by Crippen LogP contribution is 2.38. The number of hydrogen-bond acceptors (Lipinski definition) is 7. The molecule has 0 fully saturated rings. The largest absolute Gasteiger partial charge is 0.506 e. The number of aromatic carboxylic acids is 1. The fourth-order valence-electron chi connectivity index (χ4n) is 2.39. The smallest absolute Gasteiger partial charge is 0.469 e. The molecule has 0 amide bonds. The predicted octanol–water partition coefficient (Wildman–Crippen LogP) is 1.98. The van der Waals surface area contributed by atoms with Crippen molar-refractivity contribution in [2.75, 3.05) is 5.32 Å². The van der Waals surface area contributed by atoms with Crippen LogP contribution in [0.3, 0.4) is 0 Å². The minimum Gasteiger partial charge on any atom is -0.506 e. The molecule has 0 saturated heterocycles. The molecule has 1 heterocycles. The van der Waals surface area contributed by atoms with Crippen LogP contribution in [0.15, 0.2) is 24.4 Å². The number of rotatable bonds is 8. The van der Waals surface area contributed by atoms with Crippen LogP contribution in [-0.2, 0) is 22.2 Å². The summed E-state index contributed by atoms with van der Waals surface area (Å²) in [4.78, 5) is 32.7. The molecule has 2 aromatic rings. The number of carboxylic acids is 1. The van der Waals surface area contributed by atoms with Gasteiger partial charge in [-0.05, 0) is 19.1 Å². The number of benzene rings is 1. The molecule has 0 spiro atoms. The van der Waals surface area contributed by atoms with Gasteiger partial charge in [0.15, 0.2) is 0 Å². The highest BCUT2D eigenvalue weighted by molar-refractivity contribution is 7.46. The quantitative estimate of drug-likeness (QED) is 0.350. The molecule has 0 bridgehead atoms. The Balaban J connectivity index is 2.36. The number of carboxylic acid groups (broad SMARTS) is 1. The summed E-state index contributed by atoms with van der Waals surface area (Å²) >= 11 is 0. The summed E-state index contributed by atoms with van der Waals surface area (Å²) in [5.41, 5.74) is 0.111. The molecule has 2 rings (SSSR count). The molecule has 0 aliphatic heterocycles. The number of anilines is 1. The number of nitrogens with zero attached hydrogens (tertiary/aromatic N) is 1. The van der Waals surface area contributed by atoms with Crippen LogP contribution < -0.4 is 5.32 Å². The van der Waals surface area contributed by atoms with Crippen molar-refractivity contribution in [1.82, 2.24) is 4.98 Å². The first-order chi connectivity index (χ1) is 13.0. The third-order valence-electron chi connectivity index (χ3n) is 3.83. The number of aliphatic hydroxyl groups excluding tert-OH is 1. The van der Waals surface area contributed by atoms with Gasteiger partial charge in [-0.25, -0.2) is 13.8 Å². The standard InChI is InChI=1S/C16H18FN2O8P/c1-8-14(20)12(10(5-18-8)7-27-28(24,25)26)6-19-13-4-9(16(22)23)2-3-11(13)15(17)21/h2-5,15,19-21H,6-7H2,1H3,(H,22,23)(H2,24,25,26)/t15-/m0/s1. The third-order valence-corrected chi connectivity index (χ3v) is 4.30. The molecular formula is C16H18FN2O8P. The summed E-state index contributed by atoms with van der Waals surface area (Å²) < 4.78 is 28.8. The number of nitrogens with one attached hydrogen (secondary N) is 1. The normalized spacial score (nSPS) is 12.6. The van der Waals surface area contributed by atoms with Gasteiger partial charge in [0.05, 0.1) is 17.9 Å². The molecule has 1 atom stereocenters. The first-order valence-corrected chi connectivity index (χ1v) is 9.32. The van der Waals surface area contributed by atoms with Crippen LogP contribution in [0.25, 0.3) is 0 Å². The van der Waals surface area contributed by atoms with Crippen LogP contribution in [0.4, 0.5) is 10.1 Å². The van der Waals surface area contributed by atoms with Gasteiger partial charge in [-0.15, -0.1) is 0 Å². The van der Waals surface area contributed by atoms with Crippen LogP contribution in [0.1, 0.15) is 39.1 Å². The van der Waals surface area contributed by atoms with E-state index in [-0.39, 0.29) is 45.9 Å². The Morgan fingerprint density at radius 2 is 2.07 bits per heavy atom. The molecule has 10 nitrogen and oxygen atoms in total. The van der Waals surface area contributed by atoms with Crippen LogP contribution in [0, 0.1) is 6.92 Å². The van der Waals surface area contributed by atoms with Gasteiger partial charge < -0.3 is 30.4 Å². The van der Waals surface area contributed by atoms with Gasteiger partial charge in [0, 0.05) is 35.1 Å². The number of carbonyl (C=O) groups is 1. The molecule has 0 saturated carbocycles. The van der Waals surface area contributed by atoms with Gasteiger partial charge in [0.2, 0.25) is 6.36 Å². The molecule has 1 aromatic carbocycles. The average molecular weight is 416 g/mol. The van der Waals surface area contributed by atoms with E-state index in [2.05, 4.69) is 14.8 Å².